The van der Waals surface area contributed by atoms with Crippen molar-refractivity contribution < 1.29 is 0 Å². The van der Waals surface area contributed by atoms with Crippen molar-refractivity contribution >= 4 is 5.96 Å². The average molecular weight is 167 g/mol. The number of hydrogen-bond donors (Lipinski definition) is 4. The molecule has 2 aliphatic rings. The van der Waals surface area contributed by atoms with Gasteiger partial charge in [-0.1, -0.05) is 10.3 Å². The zero-order valence-corrected chi connectivity index (χ0v) is 6.28. The highest BCUT2D eigenvalue weighted by Crippen LogP contribution is 2.06. The second kappa shape index (κ2) is 2.78. The maximum Gasteiger partial charge on any atom is 0.245 e. The summed E-state index contributed by atoms with van der Waals surface area (Å²) in [6.45, 7) is 0.728. The lowest BCUT2D eigenvalue weighted by molar-refractivity contribution is 0.618. The lowest BCUT2D eigenvalue weighted by Gasteiger charge is -2.16. The minimum atomic E-state index is 0.0583. The molecular weight excluding hydrogens is 158 g/mol. The molecule has 2 heterocycles. The summed E-state index contributed by atoms with van der Waals surface area (Å²) in [6.07, 6.45) is 1.76. The second-order valence-corrected chi connectivity index (χ2v) is 2.39. The highest BCUT2D eigenvalue weighted by molar-refractivity contribution is 5.82. The minimum Gasteiger partial charge on any atom is -0.372 e. The molecule has 12 heavy (non-hydrogen) atoms. The normalized spacial score (nSPS) is 27.2. The molecule has 0 aromatic rings. The van der Waals surface area contributed by atoms with E-state index in [4.69, 9.17) is 5.84 Å². The molecule has 1 unspecified atom stereocenters. The predicted octanol–water partition coefficient (Wildman–Crippen LogP) is -1.41. The molecule has 64 valence electrons. The largest absolute Gasteiger partial charge is 0.372 e. The number of aliphatic imine (C=N–C) groups is 1. The standard InChI is InChI=1S/C5H9N7/c6-12-11-5-7-1-3-4(10-5)9-2-8-3/h1,4,8-9H,2H2,(H3,6,7,10,11). The number of nitrogens with two attached hydrogens (primary N) is 1. The van der Waals surface area contributed by atoms with Crippen LogP contribution in [0.15, 0.2) is 27.2 Å². The number of fused-ring (bicyclic) bond motifs is 1. The van der Waals surface area contributed by atoms with Crippen molar-refractivity contribution in [1.82, 2.24) is 16.0 Å². The summed E-state index contributed by atoms with van der Waals surface area (Å²) in [4.78, 5) is 3.96. The van der Waals surface area contributed by atoms with Crippen LogP contribution in [0.25, 0.3) is 0 Å². The Kier molecular flexibility index (Phi) is 1.63. The Bertz CT molecular complexity index is 265. The average Bonchev–Trinajstić information content (AvgIpc) is 2.51. The topological polar surface area (TPSA) is 99.2 Å². The Morgan fingerprint density at radius 2 is 2.58 bits per heavy atom. The van der Waals surface area contributed by atoms with Gasteiger partial charge in [0, 0.05) is 0 Å². The van der Waals surface area contributed by atoms with E-state index >= 15 is 0 Å². The van der Waals surface area contributed by atoms with Crippen LogP contribution in [0.5, 0.6) is 0 Å². The van der Waals surface area contributed by atoms with Gasteiger partial charge in [0.25, 0.3) is 0 Å². The highest BCUT2D eigenvalue weighted by Gasteiger charge is 2.23. The molecule has 0 saturated carbocycles. The predicted molar refractivity (Wildman–Crippen MR) is 42.6 cm³/mol. The quantitative estimate of drug-likeness (QED) is 0.202. The fourth-order valence-corrected chi connectivity index (χ4v) is 1.12. The van der Waals surface area contributed by atoms with Gasteiger partial charge in [-0.05, 0) is 0 Å². The molecule has 1 saturated heterocycles. The van der Waals surface area contributed by atoms with Gasteiger partial charge in [-0.2, -0.15) is 0 Å². The van der Waals surface area contributed by atoms with E-state index in [1.807, 2.05) is 0 Å². The summed E-state index contributed by atoms with van der Waals surface area (Å²) in [6, 6.07) is 0. The SMILES string of the molecule is NN=NC1=NC=C2NCNC2N1. The molecular formula is C5H9N7. The van der Waals surface area contributed by atoms with E-state index in [1.165, 1.54) is 0 Å². The molecule has 7 heteroatoms. The summed E-state index contributed by atoms with van der Waals surface area (Å²) in [5.41, 5.74) is 1.01. The van der Waals surface area contributed by atoms with E-state index in [2.05, 4.69) is 31.3 Å². The minimum absolute atomic E-state index is 0.0583. The van der Waals surface area contributed by atoms with Crippen molar-refractivity contribution in [3.05, 3.63) is 11.9 Å². The number of hydrogen-bond acceptors (Lipinski definition) is 6. The maximum absolute atomic E-state index is 4.88. The van der Waals surface area contributed by atoms with Crippen molar-refractivity contribution in [3.8, 4) is 0 Å². The summed E-state index contributed by atoms with van der Waals surface area (Å²) in [5.74, 6) is 5.30. The van der Waals surface area contributed by atoms with Crippen molar-refractivity contribution in [2.24, 2.45) is 21.2 Å². The molecule has 0 amide bonds. The summed E-state index contributed by atoms with van der Waals surface area (Å²) in [5, 5.41) is 15.9. The van der Waals surface area contributed by atoms with E-state index in [-0.39, 0.29) is 6.17 Å². The number of nitrogens with zero attached hydrogens (tertiary/aromatic N) is 3. The Morgan fingerprint density at radius 1 is 1.67 bits per heavy atom. The zero-order chi connectivity index (χ0) is 8.39. The first-order chi connectivity index (χ1) is 5.90. The maximum atomic E-state index is 4.88. The third-order valence-corrected chi connectivity index (χ3v) is 1.66. The lowest BCUT2D eigenvalue weighted by Crippen LogP contribution is -2.43. The van der Waals surface area contributed by atoms with Gasteiger partial charge in [0.05, 0.1) is 18.6 Å². The molecule has 7 nitrogen and oxygen atoms in total. The summed E-state index contributed by atoms with van der Waals surface area (Å²) in [7, 11) is 0. The van der Waals surface area contributed by atoms with Gasteiger partial charge >= 0.3 is 0 Å². The molecule has 1 atom stereocenters. The van der Waals surface area contributed by atoms with Crippen LogP contribution in [-0.2, 0) is 0 Å². The Morgan fingerprint density at radius 3 is 3.42 bits per heavy atom. The molecule has 5 N–H and O–H groups in total. The van der Waals surface area contributed by atoms with E-state index < -0.39 is 0 Å². The smallest absolute Gasteiger partial charge is 0.245 e. The van der Waals surface area contributed by atoms with E-state index in [0.717, 1.165) is 12.4 Å². The Hall–Kier alpha value is -1.63. The van der Waals surface area contributed by atoms with E-state index in [1.54, 1.807) is 6.20 Å². The lowest BCUT2D eigenvalue weighted by atomic mass is 10.3. The molecule has 0 spiro atoms. The van der Waals surface area contributed by atoms with Crippen LogP contribution in [0, 0.1) is 0 Å². The first-order valence-corrected chi connectivity index (χ1v) is 3.53. The zero-order valence-electron chi connectivity index (χ0n) is 6.28. The Labute approximate surface area is 68.8 Å². The highest BCUT2D eigenvalue weighted by atomic mass is 15.4. The molecule has 0 aliphatic carbocycles. The van der Waals surface area contributed by atoms with Gasteiger partial charge in [-0.3, -0.25) is 5.32 Å². The van der Waals surface area contributed by atoms with Crippen molar-refractivity contribution in [2.45, 2.75) is 6.17 Å². The van der Waals surface area contributed by atoms with Crippen LogP contribution in [0.2, 0.25) is 0 Å². The van der Waals surface area contributed by atoms with Gasteiger partial charge in [0.1, 0.15) is 6.17 Å². The molecule has 1 fully saturated rings. The van der Waals surface area contributed by atoms with Crippen LogP contribution >= 0.6 is 0 Å². The first kappa shape index (κ1) is 7.04. The van der Waals surface area contributed by atoms with Crippen molar-refractivity contribution in [3.63, 3.8) is 0 Å². The first-order valence-electron chi connectivity index (χ1n) is 3.53. The molecule has 0 aromatic heterocycles. The third kappa shape index (κ3) is 1.10. The van der Waals surface area contributed by atoms with E-state index in [9.17, 15) is 0 Å². The number of guanidine groups is 1. The number of nitrogens with one attached hydrogen (secondary N) is 3. The van der Waals surface area contributed by atoms with Crippen molar-refractivity contribution in [2.75, 3.05) is 6.67 Å². The molecule has 2 aliphatic heterocycles. The molecule has 2 rings (SSSR count). The van der Waals surface area contributed by atoms with Crippen LogP contribution < -0.4 is 21.8 Å². The van der Waals surface area contributed by atoms with Gasteiger partial charge in [0.15, 0.2) is 0 Å². The van der Waals surface area contributed by atoms with Crippen LogP contribution in [0.3, 0.4) is 0 Å². The monoisotopic (exact) mass is 167 g/mol. The second-order valence-electron chi connectivity index (χ2n) is 2.39. The van der Waals surface area contributed by atoms with Crippen LogP contribution in [-0.4, -0.2) is 18.8 Å². The molecule has 0 bridgehead atoms. The van der Waals surface area contributed by atoms with Gasteiger partial charge in [-0.15, -0.1) is 0 Å². The summed E-state index contributed by atoms with van der Waals surface area (Å²) < 4.78 is 0. The third-order valence-electron chi connectivity index (χ3n) is 1.66. The van der Waals surface area contributed by atoms with Crippen LogP contribution in [0.4, 0.5) is 0 Å². The van der Waals surface area contributed by atoms with E-state index in [0.29, 0.717) is 5.96 Å². The van der Waals surface area contributed by atoms with Gasteiger partial charge < -0.3 is 16.5 Å². The van der Waals surface area contributed by atoms with Crippen molar-refractivity contribution in [1.29, 1.82) is 0 Å². The van der Waals surface area contributed by atoms with Gasteiger partial charge in [0.2, 0.25) is 5.96 Å². The Balaban J connectivity index is 2.15. The fraction of sp³-hybridized carbons (Fsp3) is 0.400. The molecule has 0 aromatic carbocycles. The fourth-order valence-electron chi connectivity index (χ4n) is 1.12. The summed E-state index contributed by atoms with van der Waals surface area (Å²) >= 11 is 0. The van der Waals surface area contributed by atoms with Crippen LogP contribution in [0.1, 0.15) is 0 Å². The number of rotatable bonds is 0. The molecule has 0 radical (unpaired) electrons. The van der Waals surface area contributed by atoms with Gasteiger partial charge in [-0.25, -0.2) is 4.99 Å².